The molecule has 0 aliphatic heterocycles. The number of nitrogens with zero attached hydrogens (tertiary/aromatic N) is 3. The molecule has 2 aromatic rings. The third-order valence-corrected chi connectivity index (χ3v) is 2.56. The molecule has 0 spiro atoms. The van der Waals surface area contributed by atoms with Crippen LogP contribution in [-0.2, 0) is 0 Å². The Morgan fingerprint density at radius 1 is 1.28 bits per heavy atom. The number of pyridine rings is 1. The second kappa shape index (κ2) is 4.75. The fourth-order valence-corrected chi connectivity index (χ4v) is 1.72. The van der Waals surface area contributed by atoms with Crippen molar-refractivity contribution in [2.24, 2.45) is 0 Å². The van der Waals surface area contributed by atoms with E-state index in [9.17, 15) is 4.79 Å². The SMILES string of the molecule is Nc1nc(-c2ncc(Cl)cc2Cl)ncc1C(=O)O. The smallest absolute Gasteiger partial charge is 0.341 e. The molecule has 0 bridgehead atoms. The van der Waals surface area contributed by atoms with Crippen molar-refractivity contribution in [3.8, 4) is 11.5 Å². The minimum absolute atomic E-state index is 0.138. The molecule has 18 heavy (non-hydrogen) atoms. The summed E-state index contributed by atoms with van der Waals surface area (Å²) < 4.78 is 0. The van der Waals surface area contributed by atoms with Crippen LogP contribution in [0.5, 0.6) is 0 Å². The van der Waals surface area contributed by atoms with Crippen LogP contribution in [-0.4, -0.2) is 26.0 Å². The van der Waals surface area contributed by atoms with Crippen molar-refractivity contribution in [1.82, 2.24) is 15.0 Å². The summed E-state index contributed by atoms with van der Waals surface area (Å²) in [5, 5.41) is 9.43. The molecule has 0 saturated heterocycles. The predicted octanol–water partition coefficient (Wildman–Crippen LogP) is 2.13. The van der Waals surface area contributed by atoms with Crippen LogP contribution >= 0.6 is 23.2 Å². The highest BCUT2D eigenvalue weighted by Crippen LogP contribution is 2.26. The van der Waals surface area contributed by atoms with Crippen molar-refractivity contribution >= 4 is 35.0 Å². The highest BCUT2D eigenvalue weighted by molar-refractivity contribution is 6.35. The molecule has 0 unspecified atom stereocenters. The highest BCUT2D eigenvalue weighted by Gasteiger charge is 2.14. The number of nitrogen functional groups attached to an aromatic ring is 1. The van der Waals surface area contributed by atoms with Gasteiger partial charge in [-0.3, -0.25) is 0 Å². The lowest BCUT2D eigenvalue weighted by molar-refractivity contribution is 0.0697. The molecular formula is C10H6Cl2N4O2. The van der Waals surface area contributed by atoms with Gasteiger partial charge in [-0.2, -0.15) is 0 Å². The first-order valence-electron chi connectivity index (χ1n) is 4.66. The Balaban J connectivity index is 2.52. The number of nitrogens with two attached hydrogens (primary N) is 1. The number of rotatable bonds is 2. The molecule has 0 radical (unpaired) electrons. The molecule has 92 valence electrons. The Kier molecular flexibility index (Phi) is 3.31. The van der Waals surface area contributed by atoms with E-state index in [-0.39, 0.29) is 27.9 Å². The minimum atomic E-state index is -1.20. The fourth-order valence-electron chi connectivity index (χ4n) is 1.25. The molecule has 3 N–H and O–H groups in total. The number of hydrogen-bond acceptors (Lipinski definition) is 5. The Hall–Kier alpha value is -1.92. The lowest BCUT2D eigenvalue weighted by Crippen LogP contribution is -2.07. The van der Waals surface area contributed by atoms with Crippen LogP contribution in [0, 0.1) is 0 Å². The van der Waals surface area contributed by atoms with E-state index in [2.05, 4.69) is 15.0 Å². The van der Waals surface area contributed by atoms with Gasteiger partial charge in [0.25, 0.3) is 0 Å². The molecule has 0 aliphatic rings. The van der Waals surface area contributed by atoms with Crippen molar-refractivity contribution in [1.29, 1.82) is 0 Å². The van der Waals surface area contributed by atoms with Crippen LogP contribution < -0.4 is 5.73 Å². The van der Waals surface area contributed by atoms with E-state index in [1.165, 1.54) is 12.3 Å². The zero-order valence-corrected chi connectivity index (χ0v) is 10.3. The molecule has 2 rings (SSSR count). The van der Waals surface area contributed by atoms with Crippen molar-refractivity contribution in [2.75, 3.05) is 5.73 Å². The summed E-state index contributed by atoms with van der Waals surface area (Å²) in [5.41, 5.74) is 5.62. The van der Waals surface area contributed by atoms with Crippen LogP contribution in [0.3, 0.4) is 0 Å². The maximum absolute atomic E-state index is 10.8. The van der Waals surface area contributed by atoms with Crippen molar-refractivity contribution in [2.45, 2.75) is 0 Å². The Morgan fingerprint density at radius 2 is 2.00 bits per heavy atom. The number of carbonyl (C=O) groups is 1. The zero-order chi connectivity index (χ0) is 13.3. The Labute approximate surface area is 111 Å². The van der Waals surface area contributed by atoms with E-state index in [1.807, 2.05) is 0 Å². The van der Waals surface area contributed by atoms with Gasteiger partial charge in [0, 0.05) is 12.4 Å². The first kappa shape index (κ1) is 12.5. The molecular weight excluding hydrogens is 279 g/mol. The standard InChI is InChI=1S/C10H6Cl2N4O2/c11-4-1-6(12)7(14-2-4)9-15-3-5(10(17)18)8(13)16-9/h1-3H,(H,17,18)(H2,13,15,16). The summed E-state index contributed by atoms with van der Waals surface area (Å²) in [6.07, 6.45) is 2.49. The lowest BCUT2D eigenvalue weighted by atomic mass is 10.3. The number of aromatic nitrogens is 3. The van der Waals surface area contributed by atoms with Gasteiger partial charge in [0.1, 0.15) is 17.1 Å². The number of hydrogen-bond donors (Lipinski definition) is 2. The molecule has 0 aliphatic carbocycles. The van der Waals surface area contributed by atoms with Crippen LogP contribution in [0.2, 0.25) is 10.0 Å². The number of aromatic carboxylic acids is 1. The quantitative estimate of drug-likeness (QED) is 0.876. The summed E-state index contributed by atoms with van der Waals surface area (Å²) in [5.74, 6) is -1.21. The minimum Gasteiger partial charge on any atom is -0.477 e. The summed E-state index contributed by atoms with van der Waals surface area (Å²) in [7, 11) is 0. The lowest BCUT2D eigenvalue weighted by Gasteiger charge is -2.04. The molecule has 0 atom stereocenters. The summed E-state index contributed by atoms with van der Waals surface area (Å²) in [6, 6.07) is 1.48. The summed E-state index contributed by atoms with van der Waals surface area (Å²) in [6.45, 7) is 0. The first-order valence-corrected chi connectivity index (χ1v) is 5.42. The molecule has 0 fully saturated rings. The highest BCUT2D eigenvalue weighted by atomic mass is 35.5. The second-order valence-corrected chi connectivity index (χ2v) is 4.13. The van der Waals surface area contributed by atoms with Crippen LogP contribution in [0.4, 0.5) is 5.82 Å². The Morgan fingerprint density at radius 3 is 2.56 bits per heavy atom. The van der Waals surface area contributed by atoms with E-state index in [1.54, 1.807) is 0 Å². The van der Waals surface area contributed by atoms with Gasteiger partial charge in [-0.15, -0.1) is 0 Å². The molecule has 0 amide bonds. The van der Waals surface area contributed by atoms with Crippen molar-refractivity contribution < 1.29 is 9.90 Å². The normalized spacial score (nSPS) is 10.3. The van der Waals surface area contributed by atoms with E-state index in [0.717, 1.165) is 6.20 Å². The van der Waals surface area contributed by atoms with Gasteiger partial charge in [0.2, 0.25) is 0 Å². The van der Waals surface area contributed by atoms with Gasteiger partial charge in [-0.05, 0) is 6.07 Å². The third-order valence-electron chi connectivity index (χ3n) is 2.07. The predicted molar refractivity (Wildman–Crippen MR) is 66.7 cm³/mol. The molecule has 0 aromatic carbocycles. The van der Waals surface area contributed by atoms with Gasteiger partial charge >= 0.3 is 5.97 Å². The van der Waals surface area contributed by atoms with E-state index >= 15 is 0 Å². The molecule has 2 aromatic heterocycles. The van der Waals surface area contributed by atoms with E-state index in [0.29, 0.717) is 5.02 Å². The number of anilines is 1. The zero-order valence-electron chi connectivity index (χ0n) is 8.76. The molecule has 2 heterocycles. The van der Waals surface area contributed by atoms with Crippen LogP contribution in [0.25, 0.3) is 11.5 Å². The van der Waals surface area contributed by atoms with Gasteiger partial charge in [-0.1, -0.05) is 23.2 Å². The van der Waals surface area contributed by atoms with E-state index in [4.69, 9.17) is 34.0 Å². The second-order valence-electron chi connectivity index (χ2n) is 3.28. The van der Waals surface area contributed by atoms with Gasteiger partial charge in [0.15, 0.2) is 5.82 Å². The fraction of sp³-hybridized carbons (Fsp3) is 0. The summed E-state index contributed by atoms with van der Waals surface area (Å²) in [4.78, 5) is 22.4. The maximum Gasteiger partial charge on any atom is 0.341 e. The Bertz CT molecular complexity index is 633. The van der Waals surface area contributed by atoms with Crippen molar-refractivity contribution in [3.63, 3.8) is 0 Å². The van der Waals surface area contributed by atoms with Crippen LogP contribution in [0.1, 0.15) is 10.4 Å². The average Bonchev–Trinajstić information content (AvgIpc) is 2.28. The molecule has 0 saturated carbocycles. The molecule has 8 heteroatoms. The van der Waals surface area contributed by atoms with Gasteiger partial charge in [0.05, 0.1) is 10.0 Å². The summed E-state index contributed by atoms with van der Waals surface area (Å²) >= 11 is 11.6. The maximum atomic E-state index is 10.8. The topological polar surface area (TPSA) is 102 Å². The first-order chi connectivity index (χ1) is 8.49. The van der Waals surface area contributed by atoms with Crippen LogP contribution in [0.15, 0.2) is 18.5 Å². The van der Waals surface area contributed by atoms with Gasteiger partial charge in [-0.25, -0.2) is 19.7 Å². The number of carboxylic acid groups (broad SMARTS) is 1. The third kappa shape index (κ3) is 2.34. The average molecular weight is 285 g/mol. The number of halogens is 2. The number of carboxylic acids is 1. The van der Waals surface area contributed by atoms with Crippen molar-refractivity contribution in [3.05, 3.63) is 34.1 Å². The monoisotopic (exact) mass is 284 g/mol. The van der Waals surface area contributed by atoms with E-state index < -0.39 is 5.97 Å². The molecule has 6 nitrogen and oxygen atoms in total. The van der Waals surface area contributed by atoms with Gasteiger partial charge < -0.3 is 10.8 Å². The largest absolute Gasteiger partial charge is 0.477 e.